The van der Waals surface area contributed by atoms with Crippen molar-refractivity contribution in [3.8, 4) is 0 Å². The molecule has 1 heterocycles. The third-order valence-corrected chi connectivity index (χ3v) is 2.56. The summed E-state index contributed by atoms with van der Waals surface area (Å²) in [5, 5.41) is 0. The van der Waals surface area contributed by atoms with E-state index in [1.807, 2.05) is 6.92 Å². The number of hydrogen-bond donors (Lipinski definition) is 0. The van der Waals surface area contributed by atoms with Crippen LogP contribution in [-0.4, -0.2) is 32.1 Å². The van der Waals surface area contributed by atoms with Gasteiger partial charge in [0.05, 0.1) is 25.7 Å². The number of methoxy groups -OCH3 is 1. The SMILES string of the molecule is CCC1(C(=O)CC(=O)OC)COC1. The monoisotopic (exact) mass is 186 g/mol. The molecule has 0 atom stereocenters. The van der Waals surface area contributed by atoms with Gasteiger partial charge in [0.2, 0.25) is 0 Å². The Kier molecular flexibility index (Phi) is 3.03. The van der Waals surface area contributed by atoms with Gasteiger partial charge >= 0.3 is 5.97 Å². The number of esters is 1. The molecule has 0 bridgehead atoms. The number of ether oxygens (including phenoxy) is 2. The molecule has 74 valence electrons. The zero-order valence-electron chi connectivity index (χ0n) is 7.96. The van der Waals surface area contributed by atoms with Crippen molar-refractivity contribution in [3.63, 3.8) is 0 Å². The van der Waals surface area contributed by atoms with Crippen LogP contribution in [0.5, 0.6) is 0 Å². The molecule has 0 aromatic carbocycles. The molecule has 4 nitrogen and oxygen atoms in total. The molecule has 13 heavy (non-hydrogen) atoms. The highest BCUT2D eigenvalue weighted by Crippen LogP contribution is 2.33. The van der Waals surface area contributed by atoms with Gasteiger partial charge in [-0.05, 0) is 6.42 Å². The number of hydrogen-bond acceptors (Lipinski definition) is 4. The summed E-state index contributed by atoms with van der Waals surface area (Å²) < 4.78 is 9.42. The third-order valence-electron chi connectivity index (χ3n) is 2.56. The standard InChI is InChI=1S/C9H14O4/c1-3-9(5-13-6-9)7(10)4-8(11)12-2/h3-6H2,1-2H3. The molecule has 0 aliphatic carbocycles. The van der Waals surface area contributed by atoms with Crippen LogP contribution in [0.1, 0.15) is 19.8 Å². The van der Waals surface area contributed by atoms with Crippen molar-refractivity contribution in [3.05, 3.63) is 0 Å². The Bertz CT molecular complexity index is 212. The quantitative estimate of drug-likeness (QED) is 0.475. The van der Waals surface area contributed by atoms with Gasteiger partial charge in [-0.25, -0.2) is 0 Å². The van der Waals surface area contributed by atoms with Crippen molar-refractivity contribution < 1.29 is 19.1 Å². The lowest BCUT2D eigenvalue weighted by atomic mass is 9.78. The highest BCUT2D eigenvalue weighted by Gasteiger charge is 2.44. The van der Waals surface area contributed by atoms with E-state index in [0.717, 1.165) is 6.42 Å². The zero-order valence-corrected chi connectivity index (χ0v) is 7.96. The Labute approximate surface area is 77.2 Å². The van der Waals surface area contributed by atoms with Crippen LogP contribution in [0.3, 0.4) is 0 Å². The lowest BCUT2D eigenvalue weighted by Gasteiger charge is -2.38. The van der Waals surface area contributed by atoms with Gasteiger partial charge in [-0.2, -0.15) is 0 Å². The summed E-state index contributed by atoms with van der Waals surface area (Å²) in [6, 6.07) is 0. The van der Waals surface area contributed by atoms with E-state index in [2.05, 4.69) is 4.74 Å². The fraction of sp³-hybridized carbons (Fsp3) is 0.778. The van der Waals surface area contributed by atoms with Gasteiger partial charge in [0.25, 0.3) is 0 Å². The summed E-state index contributed by atoms with van der Waals surface area (Å²) in [6.45, 7) is 2.82. The predicted molar refractivity (Wildman–Crippen MR) is 45.2 cm³/mol. The second kappa shape index (κ2) is 3.87. The van der Waals surface area contributed by atoms with Crippen molar-refractivity contribution in [2.75, 3.05) is 20.3 Å². The molecule has 1 aliphatic rings. The van der Waals surface area contributed by atoms with Gasteiger partial charge in [-0.1, -0.05) is 6.92 Å². The van der Waals surface area contributed by atoms with Crippen LogP contribution in [0.2, 0.25) is 0 Å². The minimum absolute atomic E-state index is 0.0619. The van der Waals surface area contributed by atoms with Crippen molar-refractivity contribution >= 4 is 11.8 Å². The topological polar surface area (TPSA) is 52.6 Å². The van der Waals surface area contributed by atoms with E-state index in [9.17, 15) is 9.59 Å². The van der Waals surface area contributed by atoms with Crippen molar-refractivity contribution in [2.24, 2.45) is 5.41 Å². The smallest absolute Gasteiger partial charge is 0.313 e. The van der Waals surface area contributed by atoms with E-state index in [4.69, 9.17) is 4.74 Å². The molecule has 0 unspecified atom stereocenters. The van der Waals surface area contributed by atoms with Crippen LogP contribution in [0.15, 0.2) is 0 Å². The van der Waals surface area contributed by atoms with E-state index in [1.54, 1.807) is 0 Å². The molecule has 4 heteroatoms. The first-order valence-electron chi connectivity index (χ1n) is 4.32. The number of Topliss-reactive ketones (excluding diaryl/α,β-unsaturated/α-hetero) is 1. The van der Waals surface area contributed by atoms with Gasteiger partial charge in [0.15, 0.2) is 5.78 Å². The summed E-state index contributed by atoms with van der Waals surface area (Å²) in [5.41, 5.74) is -0.409. The average molecular weight is 186 g/mol. The first kappa shape index (κ1) is 10.2. The Hall–Kier alpha value is -0.900. The Morgan fingerprint density at radius 3 is 2.38 bits per heavy atom. The van der Waals surface area contributed by atoms with Crippen LogP contribution in [0.25, 0.3) is 0 Å². The normalized spacial score (nSPS) is 18.9. The van der Waals surface area contributed by atoms with Crippen LogP contribution in [0.4, 0.5) is 0 Å². The van der Waals surface area contributed by atoms with Crippen molar-refractivity contribution in [1.82, 2.24) is 0 Å². The molecule has 0 aromatic rings. The molecule has 0 aromatic heterocycles. The fourth-order valence-electron chi connectivity index (χ4n) is 1.30. The molecule has 1 fully saturated rings. The first-order valence-corrected chi connectivity index (χ1v) is 4.32. The van der Waals surface area contributed by atoms with E-state index in [1.165, 1.54) is 7.11 Å². The number of rotatable bonds is 4. The maximum Gasteiger partial charge on any atom is 0.313 e. The minimum Gasteiger partial charge on any atom is -0.469 e. The van der Waals surface area contributed by atoms with Gasteiger partial charge in [-0.3, -0.25) is 9.59 Å². The molecule has 0 N–H and O–H groups in total. The molecular formula is C9H14O4. The lowest BCUT2D eigenvalue weighted by Crippen LogP contribution is -2.49. The lowest BCUT2D eigenvalue weighted by molar-refractivity contribution is -0.164. The summed E-state index contributed by atoms with van der Waals surface area (Å²) in [4.78, 5) is 22.4. The molecule has 0 spiro atoms. The van der Waals surface area contributed by atoms with Crippen molar-refractivity contribution in [2.45, 2.75) is 19.8 Å². The molecule has 0 amide bonds. The summed E-state index contributed by atoms with van der Waals surface area (Å²) in [5.74, 6) is -0.530. The zero-order chi connectivity index (χ0) is 9.90. The molecule has 1 rings (SSSR count). The summed E-state index contributed by atoms with van der Waals surface area (Å²) >= 11 is 0. The summed E-state index contributed by atoms with van der Waals surface area (Å²) in [6.07, 6.45) is 0.594. The molecule has 1 saturated heterocycles. The number of ketones is 1. The molecule has 0 radical (unpaired) electrons. The molecule has 0 saturated carbocycles. The van der Waals surface area contributed by atoms with E-state index in [-0.39, 0.29) is 12.2 Å². The number of carbonyl (C=O) groups is 2. The molecular weight excluding hydrogens is 172 g/mol. The second-order valence-electron chi connectivity index (χ2n) is 3.30. The predicted octanol–water partition coefficient (Wildman–Crippen LogP) is 0.545. The maximum absolute atomic E-state index is 11.6. The second-order valence-corrected chi connectivity index (χ2v) is 3.30. The van der Waals surface area contributed by atoms with Crippen LogP contribution in [0, 0.1) is 5.41 Å². The van der Waals surface area contributed by atoms with Gasteiger partial charge < -0.3 is 9.47 Å². The summed E-state index contributed by atoms with van der Waals surface area (Å²) in [7, 11) is 1.28. The van der Waals surface area contributed by atoms with Crippen molar-refractivity contribution in [1.29, 1.82) is 0 Å². The van der Waals surface area contributed by atoms with Crippen LogP contribution < -0.4 is 0 Å². The minimum atomic E-state index is -0.468. The number of carbonyl (C=O) groups excluding carboxylic acids is 2. The Morgan fingerprint density at radius 2 is 2.08 bits per heavy atom. The van der Waals surface area contributed by atoms with E-state index in [0.29, 0.717) is 13.2 Å². The average Bonchev–Trinajstić information content (AvgIpc) is 2.03. The largest absolute Gasteiger partial charge is 0.469 e. The fourth-order valence-corrected chi connectivity index (χ4v) is 1.30. The van der Waals surface area contributed by atoms with E-state index < -0.39 is 11.4 Å². The Balaban J connectivity index is 2.50. The highest BCUT2D eigenvalue weighted by molar-refractivity contribution is 5.99. The van der Waals surface area contributed by atoms with Crippen LogP contribution in [-0.2, 0) is 19.1 Å². The third kappa shape index (κ3) is 1.88. The first-order chi connectivity index (χ1) is 6.14. The van der Waals surface area contributed by atoms with Gasteiger partial charge in [0, 0.05) is 0 Å². The van der Waals surface area contributed by atoms with Gasteiger partial charge in [0.1, 0.15) is 6.42 Å². The van der Waals surface area contributed by atoms with E-state index >= 15 is 0 Å². The van der Waals surface area contributed by atoms with Crippen LogP contribution >= 0.6 is 0 Å². The van der Waals surface area contributed by atoms with Gasteiger partial charge in [-0.15, -0.1) is 0 Å². The maximum atomic E-state index is 11.6. The Morgan fingerprint density at radius 1 is 1.46 bits per heavy atom. The molecule has 1 aliphatic heterocycles. The highest BCUT2D eigenvalue weighted by atomic mass is 16.5.